The number of benzene rings is 1. The first-order valence-electron chi connectivity index (χ1n) is 12.8. The molecule has 38 heavy (non-hydrogen) atoms. The molecule has 2 fully saturated rings. The van der Waals surface area contributed by atoms with Crippen LogP contribution in [-0.4, -0.2) is 76.3 Å². The van der Waals surface area contributed by atoms with Gasteiger partial charge in [0.05, 0.1) is 9.32 Å². The van der Waals surface area contributed by atoms with Crippen molar-refractivity contribution in [1.29, 1.82) is 0 Å². The van der Waals surface area contributed by atoms with Gasteiger partial charge in [-0.3, -0.25) is 5.10 Å². The summed E-state index contributed by atoms with van der Waals surface area (Å²) in [6.45, 7) is 7.67. The Morgan fingerprint density at radius 1 is 1.13 bits per heavy atom. The molecule has 4 heterocycles. The van der Waals surface area contributed by atoms with Crippen molar-refractivity contribution < 1.29 is 8.42 Å². The summed E-state index contributed by atoms with van der Waals surface area (Å²) in [5, 5.41) is 14.4. The number of aromatic nitrogens is 4. The summed E-state index contributed by atoms with van der Waals surface area (Å²) in [5.41, 5.74) is 4.02. The number of aromatic amines is 1. The van der Waals surface area contributed by atoms with E-state index >= 15 is 0 Å². The number of anilines is 4. The summed E-state index contributed by atoms with van der Waals surface area (Å²) in [5.74, 6) is 2.38. The van der Waals surface area contributed by atoms with E-state index in [1.807, 2.05) is 19.1 Å². The van der Waals surface area contributed by atoms with Crippen molar-refractivity contribution in [3.8, 4) is 0 Å². The van der Waals surface area contributed by atoms with Crippen LogP contribution in [0.25, 0.3) is 0 Å². The van der Waals surface area contributed by atoms with Gasteiger partial charge in [-0.05, 0) is 91.9 Å². The number of rotatable bonds is 9. The molecule has 3 N–H and O–H groups in total. The van der Waals surface area contributed by atoms with E-state index in [2.05, 4.69) is 71.3 Å². The van der Waals surface area contributed by atoms with E-state index in [1.54, 1.807) is 10.5 Å². The zero-order valence-corrected chi connectivity index (χ0v) is 25.2. The van der Waals surface area contributed by atoms with Gasteiger partial charge in [-0.1, -0.05) is 17.7 Å². The summed E-state index contributed by atoms with van der Waals surface area (Å²) in [4.78, 5) is 11.3. The SMILES string of the molecule is Cc1cc(Nc2nc(Nc3cc(Cl)c(C4CCN(CCS(=O)(=O)N5CCC5)CC4)cc3C)ncc2I)n[nH]1. The Kier molecular flexibility index (Phi) is 8.43. The number of aryl methyl sites for hydroxylation is 2. The lowest BCUT2D eigenvalue weighted by Gasteiger charge is -2.34. The van der Waals surface area contributed by atoms with Gasteiger partial charge in [0.25, 0.3) is 0 Å². The molecule has 204 valence electrons. The van der Waals surface area contributed by atoms with E-state index in [0.29, 0.717) is 48.2 Å². The van der Waals surface area contributed by atoms with Crippen molar-refractivity contribution in [2.45, 2.75) is 39.0 Å². The zero-order valence-electron chi connectivity index (χ0n) is 21.5. The first-order valence-corrected chi connectivity index (χ1v) is 15.8. The number of sulfonamides is 1. The molecule has 0 saturated carbocycles. The minimum absolute atomic E-state index is 0.205. The number of hydrogen-bond donors (Lipinski definition) is 3. The fourth-order valence-electron chi connectivity index (χ4n) is 4.80. The second kappa shape index (κ2) is 11.6. The van der Waals surface area contributed by atoms with Crippen LogP contribution in [0.5, 0.6) is 0 Å². The molecule has 2 aliphatic heterocycles. The number of piperidine rings is 1. The van der Waals surface area contributed by atoms with Crippen molar-refractivity contribution in [1.82, 2.24) is 29.4 Å². The van der Waals surface area contributed by atoms with Gasteiger partial charge in [0.15, 0.2) is 11.6 Å². The average molecular weight is 671 g/mol. The maximum atomic E-state index is 12.4. The summed E-state index contributed by atoms with van der Waals surface area (Å²) in [7, 11) is -3.11. The lowest BCUT2D eigenvalue weighted by atomic mass is 9.88. The summed E-state index contributed by atoms with van der Waals surface area (Å²) in [6, 6.07) is 6.01. The Morgan fingerprint density at radius 3 is 2.55 bits per heavy atom. The molecule has 0 unspecified atom stereocenters. The van der Waals surface area contributed by atoms with Crippen LogP contribution in [0.3, 0.4) is 0 Å². The van der Waals surface area contributed by atoms with Gasteiger partial charge in [-0.25, -0.2) is 17.7 Å². The molecule has 0 atom stereocenters. The van der Waals surface area contributed by atoms with Gasteiger partial charge in [0.1, 0.15) is 0 Å². The van der Waals surface area contributed by atoms with E-state index in [0.717, 1.165) is 58.4 Å². The Labute approximate surface area is 242 Å². The molecule has 0 bridgehead atoms. The third-order valence-electron chi connectivity index (χ3n) is 7.19. The highest BCUT2D eigenvalue weighted by Gasteiger charge is 2.29. The third kappa shape index (κ3) is 6.41. The van der Waals surface area contributed by atoms with Crippen LogP contribution in [0.2, 0.25) is 5.02 Å². The second-order valence-corrected chi connectivity index (χ2v) is 13.6. The maximum Gasteiger partial charge on any atom is 0.229 e. The third-order valence-corrected chi connectivity index (χ3v) is 10.2. The Balaban J connectivity index is 1.21. The van der Waals surface area contributed by atoms with Crippen LogP contribution < -0.4 is 10.6 Å². The second-order valence-electron chi connectivity index (χ2n) is 9.95. The number of nitrogens with zero attached hydrogens (tertiary/aromatic N) is 5. The predicted molar refractivity (Wildman–Crippen MR) is 159 cm³/mol. The quantitative estimate of drug-likeness (QED) is 0.279. The molecule has 3 aromatic rings. The van der Waals surface area contributed by atoms with Crippen molar-refractivity contribution in [3.05, 3.63) is 49.8 Å². The minimum atomic E-state index is -3.11. The van der Waals surface area contributed by atoms with Gasteiger partial charge in [0.2, 0.25) is 16.0 Å². The lowest BCUT2D eigenvalue weighted by molar-refractivity contribution is 0.221. The zero-order chi connectivity index (χ0) is 26.9. The Hall–Kier alpha value is -2.00. The van der Waals surface area contributed by atoms with Gasteiger partial charge in [0, 0.05) is 48.3 Å². The first kappa shape index (κ1) is 27.6. The minimum Gasteiger partial charge on any atom is -0.324 e. The van der Waals surface area contributed by atoms with Crippen LogP contribution in [0.4, 0.5) is 23.3 Å². The molecule has 2 saturated heterocycles. The average Bonchev–Trinajstić information content (AvgIpc) is 3.25. The molecule has 2 aliphatic rings. The van der Waals surface area contributed by atoms with Crippen LogP contribution in [0.1, 0.15) is 42.0 Å². The topological polar surface area (TPSA) is 119 Å². The predicted octanol–water partition coefficient (Wildman–Crippen LogP) is 4.78. The standard InChI is InChI=1S/C25H32ClIN8O2S/c1-16-12-19(18-4-8-34(9-5-18)10-11-38(36,37)35-6-3-7-35)20(26)14-22(16)29-25-28-15-21(27)24(31-25)30-23-13-17(2)32-33-23/h12-15,18H,3-11H2,1-2H3,(H3,28,29,30,31,32,33). The van der Waals surface area contributed by atoms with Crippen LogP contribution in [0.15, 0.2) is 24.4 Å². The van der Waals surface area contributed by atoms with Gasteiger partial charge in [-0.2, -0.15) is 10.1 Å². The van der Waals surface area contributed by atoms with Crippen molar-refractivity contribution in [2.24, 2.45) is 0 Å². The van der Waals surface area contributed by atoms with Crippen LogP contribution in [0, 0.1) is 17.4 Å². The molecule has 0 aliphatic carbocycles. The fourth-order valence-corrected chi connectivity index (χ4v) is 7.07. The fraction of sp³-hybridized carbons (Fsp3) is 0.480. The first-order chi connectivity index (χ1) is 18.2. The summed E-state index contributed by atoms with van der Waals surface area (Å²) >= 11 is 8.97. The number of halogens is 2. The summed E-state index contributed by atoms with van der Waals surface area (Å²) in [6.07, 6.45) is 4.64. The van der Waals surface area contributed by atoms with E-state index in [-0.39, 0.29) is 5.75 Å². The molecule has 1 aromatic carbocycles. The van der Waals surface area contributed by atoms with E-state index in [1.165, 1.54) is 0 Å². The molecule has 0 radical (unpaired) electrons. The van der Waals surface area contributed by atoms with Crippen molar-refractivity contribution >= 4 is 67.5 Å². The van der Waals surface area contributed by atoms with E-state index < -0.39 is 10.0 Å². The van der Waals surface area contributed by atoms with Crippen molar-refractivity contribution in [2.75, 3.05) is 49.1 Å². The molecule has 0 amide bonds. The monoisotopic (exact) mass is 670 g/mol. The van der Waals surface area contributed by atoms with Crippen LogP contribution in [-0.2, 0) is 10.0 Å². The normalized spacial score (nSPS) is 17.4. The van der Waals surface area contributed by atoms with E-state index in [4.69, 9.17) is 11.6 Å². The molecule has 2 aromatic heterocycles. The maximum absolute atomic E-state index is 12.4. The van der Waals surface area contributed by atoms with Gasteiger partial charge >= 0.3 is 0 Å². The summed E-state index contributed by atoms with van der Waals surface area (Å²) < 4.78 is 27.2. The molecular weight excluding hydrogens is 639 g/mol. The highest BCUT2D eigenvalue weighted by molar-refractivity contribution is 14.1. The molecule has 10 nitrogen and oxygen atoms in total. The van der Waals surface area contributed by atoms with Gasteiger partial charge in [-0.15, -0.1) is 0 Å². The smallest absolute Gasteiger partial charge is 0.229 e. The van der Waals surface area contributed by atoms with Crippen molar-refractivity contribution in [3.63, 3.8) is 0 Å². The largest absolute Gasteiger partial charge is 0.324 e. The molecule has 0 spiro atoms. The number of nitrogens with one attached hydrogen (secondary N) is 3. The Morgan fingerprint density at radius 2 is 1.89 bits per heavy atom. The van der Waals surface area contributed by atoms with Gasteiger partial charge < -0.3 is 15.5 Å². The number of hydrogen-bond acceptors (Lipinski definition) is 8. The molecule has 13 heteroatoms. The molecule has 5 rings (SSSR count). The number of H-pyrrole nitrogens is 1. The van der Waals surface area contributed by atoms with Crippen LogP contribution >= 0.6 is 34.2 Å². The Bertz CT molecular complexity index is 1400. The molecular formula is C25H32ClIN8O2S. The van der Waals surface area contributed by atoms with E-state index in [9.17, 15) is 8.42 Å². The number of likely N-dealkylation sites (tertiary alicyclic amines) is 1. The highest BCUT2D eigenvalue weighted by Crippen LogP contribution is 2.36. The lowest BCUT2D eigenvalue weighted by Crippen LogP contribution is -2.46. The highest BCUT2D eigenvalue weighted by atomic mass is 127.